The van der Waals surface area contributed by atoms with Gasteiger partial charge in [0.2, 0.25) is 0 Å². The van der Waals surface area contributed by atoms with Gasteiger partial charge in [0.1, 0.15) is 21.4 Å². The lowest BCUT2D eigenvalue weighted by atomic mass is 10.1. The van der Waals surface area contributed by atoms with Crippen LogP contribution in [-0.4, -0.2) is 37.9 Å². The summed E-state index contributed by atoms with van der Waals surface area (Å²) in [4.78, 5) is 4.20. The summed E-state index contributed by atoms with van der Waals surface area (Å²) in [7, 11) is -2.81. The number of nitrogens with zero attached hydrogens (tertiary/aromatic N) is 3. The van der Waals surface area contributed by atoms with Crippen molar-refractivity contribution in [2.24, 2.45) is 4.99 Å². The Kier molecular flexibility index (Phi) is 6.40. The fourth-order valence-electron chi connectivity index (χ4n) is 2.30. The lowest BCUT2D eigenvalue weighted by molar-refractivity contribution is 0.234. The summed E-state index contributed by atoms with van der Waals surface area (Å²) >= 11 is 0. The average molecular weight is 384 g/mol. The van der Waals surface area contributed by atoms with Crippen LogP contribution in [0.15, 0.2) is 27.8 Å². The molecule has 2 unspecified atom stereocenters. The van der Waals surface area contributed by atoms with Gasteiger partial charge < -0.3 is 0 Å². The summed E-state index contributed by atoms with van der Waals surface area (Å²) < 4.78 is 39.6. The molecule has 0 aliphatic carbocycles. The van der Waals surface area contributed by atoms with Crippen molar-refractivity contribution in [3.63, 3.8) is 0 Å². The van der Waals surface area contributed by atoms with E-state index in [0.717, 1.165) is 0 Å². The van der Waals surface area contributed by atoms with E-state index in [1.54, 1.807) is 13.8 Å². The number of nitrogens with one attached hydrogen (secondary N) is 3. The van der Waals surface area contributed by atoms with Crippen molar-refractivity contribution in [3.8, 4) is 0 Å². The lowest BCUT2D eigenvalue weighted by Gasteiger charge is -2.12. The quantitative estimate of drug-likeness (QED) is 0.328. The second kappa shape index (κ2) is 8.34. The zero-order valence-electron chi connectivity index (χ0n) is 14.6. The van der Waals surface area contributed by atoms with Crippen LogP contribution < -0.4 is 10.2 Å². The Bertz CT molecular complexity index is 897. The second-order valence-electron chi connectivity index (χ2n) is 5.97. The molecule has 9 nitrogen and oxygen atoms in total. The highest BCUT2D eigenvalue weighted by molar-refractivity contribution is 7.89. The van der Waals surface area contributed by atoms with Gasteiger partial charge in [-0.1, -0.05) is 5.16 Å². The Morgan fingerprint density at radius 3 is 2.85 bits per heavy atom. The molecule has 0 bridgehead atoms. The zero-order valence-corrected chi connectivity index (χ0v) is 15.4. The number of amidine groups is 1. The third-order valence-corrected chi connectivity index (χ3v) is 4.36. The summed E-state index contributed by atoms with van der Waals surface area (Å²) in [6.07, 6.45) is 2.21. The van der Waals surface area contributed by atoms with E-state index in [9.17, 15) is 13.8 Å². The van der Waals surface area contributed by atoms with Crippen molar-refractivity contribution in [2.45, 2.75) is 32.7 Å². The van der Waals surface area contributed by atoms with E-state index < -0.39 is 9.92 Å². The predicted octanol–water partition coefficient (Wildman–Crippen LogP) is 2.08. The van der Waals surface area contributed by atoms with E-state index in [0.29, 0.717) is 29.8 Å². The molecule has 142 valence electrons. The van der Waals surface area contributed by atoms with Crippen molar-refractivity contribution in [3.05, 3.63) is 41.0 Å². The summed E-state index contributed by atoms with van der Waals surface area (Å²) in [5.74, 6) is -0.345. The Labute approximate surface area is 150 Å². The van der Waals surface area contributed by atoms with Gasteiger partial charge in [0.25, 0.3) is 0 Å². The van der Waals surface area contributed by atoms with Crippen LogP contribution in [-0.2, 0) is 16.3 Å². The van der Waals surface area contributed by atoms with Crippen LogP contribution in [0.3, 0.4) is 0 Å². The third-order valence-electron chi connectivity index (χ3n) is 3.51. The monoisotopic (exact) mass is 384 g/mol. The van der Waals surface area contributed by atoms with Crippen LogP contribution in [0.25, 0.3) is 0 Å². The fourth-order valence-corrected chi connectivity index (χ4v) is 3.19. The molecule has 2 aromatic rings. The minimum Gasteiger partial charge on any atom is -0.290 e. The smallest absolute Gasteiger partial charge is 0.181 e. The molecule has 0 saturated carbocycles. The van der Waals surface area contributed by atoms with Crippen molar-refractivity contribution in [1.29, 1.82) is 4.78 Å². The van der Waals surface area contributed by atoms with Crippen LogP contribution in [0.1, 0.15) is 30.3 Å². The van der Waals surface area contributed by atoms with E-state index in [2.05, 4.69) is 20.0 Å². The molecule has 1 heterocycles. The molecule has 0 aliphatic rings. The maximum absolute atomic E-state index is 13.4. The van der Waals surface area contributed by atoms with Crippen LogP contribution >= 0.6 is 0 Å². The van der Waals surface area contributed by atoms with Crippen molar-refractivity contribution in [1.82, 2.24) is 20.5 Å². The van der Waals surface area contributed by atoms with Crippen molar-refractivity contribution < 1.29 is 18.4 Å². The number of halogens is 1. The van der Waals surface area contributed by atoms with E-state index in [1.807, 2.05) is 5.48 Å². The molecule has 0 radical (unpaired) electrons. The second-order valence-corrected chi connectivity index (χ2v) is 7.89. The summed E-state index contributed by atoms with van der Waals surface area (Å²) in [5.41, 5.74) is 3.44. The third kappa shape index (κ3) is 5.58. The van der Waals surface area contributed by atoms with Gasteiger partial charge in [-0.05, 0) is 55.6 Å². The first-order chi connectivity index (χ1) is 12.2. The molecule has 26 heavy (non-hydrogen) atoms. The molecule has 1 aromatic carbocycles. The first kappa shape index (κ1) is 19.9. The molecule has 2 atom stereocenters. The number of hydroxylamine groups is 1. The van der Waals surface area contributed by atoms with Gasteiger partial charge >= 0.3 is 0 Å². The Morgan fingerprint density at radius 1 is 1.50 bits per heavy atom. The fraction of sp³-hybridized carbons (Fsp3) is 0.400. The molecule has 0 spiro atoms. The predicted molar refractivity (Wildman–Crippen MR) is 94.3 cm³/mol. The largest absolute Gasteiger partial charge is 0.290 e. The SMILES string of the molecule is Cc1cc(N=C(NO)c2nonc2CCC(C)NS(C)(=N)=O)ccc1F. The molecule has 0 fully saturated rings. The van der Waals surface area contributed by atoms with E-state index in [-0.39, 0.29) is 23.4 Å². The summed E-state index contributed by atoms with van der Waals surface area (Å²) in [6, 6.07) is 4.07. The van der Waals surface area contributed by atoms with Gasteiger partial charge in [-0.3, -0.25) is 10.7 Å². The van der Waals surface area contributed by atoms with Crippen LogP contribution in [0.5, 0.6) is 0 Å². The molecular formula is C15H21FN6O3S. The van der Waals surface area contributed by atoms with E-state index in [1.165, 1.54) is 24.5 Å². The average Bonchev–Trinajstić information content (AvgIpc) is 3.00. The molecule has 1 aromatic heterocycles. The normalized spacial score (nSPS) is 15.5. The van der Waals surface area contributed by atoms with Gasteiger partial charge in [-0.2, -0.15) is 0 Å². The molecule has 2 rings (SSSR count). The number of benzene rings is 1. The van der Waals surface area contributed by atoms with Gasteiger partial charge in [0.15, 0.2) is 11.5 Å². The molecule has 11 heteroatoms. The number of hydrogen-bond donors (Lipinski definition) is 4. The van der Waals surface area contributed by atoms with Gasteiger partial charge in [0.05, 0.1) is 5.69 Å². The van der Waals surface area contributed by atoms with Crippen LogP contribution in [0.2, 0.25) is 0 Å². The molecule has 0 aliphatic heterocycles. The highest BCUT2D eigenvalue weighted by atomic mass is 32.2. The minimum absolute atomic E-state index is 0.00708. The van der Waals surface area contributed by atoms with Crippen molar-refractivity contribution in [2.75, 3.05) is 6.26 Å². The molecular weight excluding hydrogens is 363 g/mol. The molecule has 0 saturated heterocycles. The maximum Gasteiger partial charge on any atom is 0.181 e. The highest BCUT2D eigenvalue weighted by Crippen LogP contribution is 2.18. The van der Waals surface area contributed by atoms with E-state index >= 15 is 0 Å². The minimum atomic E-state index is -2.81. The molecule has 4 N–H and O–H groups in total. The summed E-state index contributed by atoms with van der Waals surface area (Å²) in [6.45, 7) is 3.40. The Balaban J connectivity index is 2.18. The van der Waals surface area contributed by atoms with Crippen LogP contribution in [0, 0.1) is 17.5 Å². The van der Waals surface area contributed by atoms with Crippen molar-refractivity contribution >= 4 is 21.4 Å². The number of aromatic nitrogens is 2. The van der Waals surface area contributed by atoms with Gasteiger partial charge in [-0.15, -0.1) is 0 Å². The topological polar surface area (TPSA) is 136 Å². The number of aryl methyl sites for hydroxylation is 2. The molecule has 0 amide bonds. The first-order valence-corrected chi connectivity index (χ1v) is 9.74. The highest BCUT2D eigenvalue weighted by Gasteiger charge is 2.18. The zero-order chi connectivity index (χ0) is 19.3. The number of rotatable bonds is 7. The maximum atomic E-state index is 13.4. The summed E-state index contributed by atoms with van der Waals surface area (Å²) in [5, 5.41) is 16.9. The number of hydrogen-bond acceptors (Lipinski definition) is 7. The van der Waals surface area contributed by atoms with Crippen LogP contribution in [0.4, 0.5) is 10.1 Å². The van der Waals surface area contributed by atoms with E-state index in [4.69, 9.17) is 9.41 Å². The first-order valence-electron chi connectivity index (χ1n) is 7.77. The number of aliphatic imine (C=N–C) groups is 1. The standard InChI is InChI=1S/C15H21FN6O3S/c1-9-8-11(5-6-12(9)16)18-15(19-23)14-13(20-25-21-14)7-4-10(2)22-26(3,17)24/h5-6,8,10,23H,4,7H2,1-3H3,(H,18,19)(H2,17,22,24). The van der Waals surface area contributed by atoms with Gasteiger partial charge in [-0.25, -0.2) is 27.7 Å². The Morgan fingerprint density at radius 2 is 2.23 bits per heavy atom. The lowest BCUT2D eigenvalue weighted by Crippen LogP contribution is -2.31. The van der Waals surface area contributed by atoms with Gasteiger partial charge in [0, 0.05) is 12.3 Å². The Hall–Kier alpha value is -2.37.